The van der Waals surface area contributed by atoms with E-state index in [-0.39, 0.29) is 0 Å². The minimum atomic E-state index is 0.579. The number of guanidine groups is 1. The molecule has 1 aromatic rings. The highest BCUT2D eigenvalue weighted by molar-refractivity contribution is 5.93. The monoisotopic (exact) mass is 376 g/mol. The summed E-state index contributed by atoms with van der Waals surface area (Å²) in [5.74, 6) is 1.67. The van der Waals surface area contributed by atoms with E-state index >= 15 is 0 Å². The van der Waals surface area contributed by atoms with Crippen LogP contribution in [-0.2, 0) is 4.74 Å². The molecule has 0 spiro atoms. The van der Waals surface area contributed by atoms with Crippen molar-refractivity contribution >= 4 is 11.6 Å². The average molecular weight is 377 g/mol. The largest absolute Gasteiger partial charge is 0.493 e. The molecule has 1 aromatic carbocycles. The molecule has 0 bridgehead atoms. The maximum atomic E-state index is 5.78. The number of nitrogens with one attached hydrogen (secondary N) is 2. The molecule has 6 nitrogen and oxygen atoms in total. The number of ether oxygens (including phenoxy) is 2. The molecule has 1 saturated carbocycles. The molecule has 0 aliphatic heterocycles. The number of anilines is 1. The SMILES string of the molecule is CCNC(=NCCN(C(C)C)C1CC1)Nc1cccc(OCCCOC)c1. The lowest BCUT2D eigenvalue weighted by atomic mass is 10.3. The van der Waals surface area contributed by atoms with Crippen LogP contribution in [0.25, 0.3) is 0 Å². The van der Waals surface area contributed by atoms with Crippen LogP contribution in [0, 0.1) is 0 Å². The summed E-state index contributed by atoms with van der Waals surface area (Å²) in [6.45, 7) is 10.6. The van der Waals surface area contributed by atoms with E-state index in [1.54, 1.807) is 7.11 Å². The summed E-state index contributed by atoms with van der Waals surface area (Å²) in [5.41, 5.74) is 0.974. The highest BCUT2D eigenvalue weighted by Gasteiger charge is 2.29. The van der Waals surface area contributed by atoms with E-state index in [1.165, 1.54) is 12.8 Å². The Bertz CT molecular complexity index is 571. The second-order valence-electron chi connectivity index (χ2n) is 7.17. The Balaban J connectivity index is 1.88. The number of benzene rings is 1. The zero-order chi connectivity index (χ0) is 19.5. The standard InChI is InChI=1S/C21H36N4O2/c1-5-22-21(23-12-13-25(17(2)3)19-10-11-19)24-18-8-6-9-20(16-18)27-15-7-14-26-4/h6,8-9,16-17,19H,5,7,10-15H2,1-4H3,(H2,22,23,24). The molecule has 1 fully saturated rings. The van der Waals surface area contributed by atoms with Crippen molar-refractivity contribution in [3.8, 4) is 5.75 Å². The minimum Gasteiger partial charge on any atom is -0.493 e. The van der Waals surface area contributed by atoms with Crippen molar-refractivity contribution < 1.29 is 9.47 Å². The van der Waals surface area contributed by atoms with Crippen LogP contribution in [0.2, 0.25) is 0 Å². The second kappa shape index (κ2) is 11.8. The van der Waals surface area contributed by atoms with Crippen LogP contribution in [0.1, 0.15) is 40.0 Å². The Morgan fingerprint density at radius 3 is 2.78 bits per heavy atom. The number of methoxy groups -OCH3 is 1. The molecule has 0 aromatic heterocycles. The van der Waals surface area contributed by atoms with E-state index in [1.807, 2.05) is 24.3 Å². The molecule has 152 valence electrons. The van der Waals surface area contributed by atoms with Crippen LogP contribution in [0.4, 0.5) is 5.69 Å². The van der Waals surface area contributed by atoms with Crippen molar-refractivity contribution in [2.75, 3.05) is 45.3 Å². The maximum absolute atomic E-state index is 5.78. The van der Waals surface area contributed by atoms with Crippen molar-refractivity contribution in [3.63, 3.8) is 0 Å². The van der Waals surface area contributed by atoms with E-state index < -0.39 is 0 Å². The molecule has 2 N–H and O–H groups in total. The van der Waals surface area contributed by atoms with Gasteiger partial charge in [0.1, 0.15) is 5.75 Å². The fourth-order valence-electron chi connectivity index (χ4n) is 3.05. The Labute approximate surface area is 164 Å². The third-order valence-corrected chi connectivity index (χ3v) is 4.51. The lowest BCUT2D eigenvalue weighted by Gasteiger charge is -2.25. The van der Waals surface area contributed by atoms with Gasteiger partial charge in [0, 0.05) is 57.1 Å². The van der Waals surface area contributed by atoms with E-state index in [0.29, 0.717) is 19.3 Å². The van der Waals surface area contributed by atoms with E-state index in [9.17, 15) is 0 Å². The van der Waals surface area contributed by atoms with Crippen molar-refractivity contribution in [1.29, 1.82) is 0 Å². The van der Waals surface area contributed by atoms with Gasteiger partial charge in [0.15, 0.2) is 5.96 Å². The first-order valence-corrected chi connectivity index (χ1v) is 10.2. The molecule has 0 radical (unpaired) electrons. The van der Waals surface area contributed by atoms with Crippen molar-refractivity contribution in [3.05, 3.63) is 24.3 Å². The van der Waals surface area contributed by atoms with Gasteiger partial charge in [-0.25, -0.2) is 0 Å². The molecular weight excluding hydrogens is 340 g/mol. The summed E-state index contributed by atoms with van der Waals surface area (Å²) in [6.07, 6.45) is 3.54. The molecule has 2 rings (SSSR count). The van der Waals surface area contributed by atoms with Gasteiger partial charge < -0.3 is 20.1 Å². The third kappa shape index (κ3) is 8.18. The molecule has 1 aliphatic carbocycles. The number of nitrogens with zero attached hydrogens (tertiary/aromatic N) is 2. The summed E-state index contributed by atoms with van der Waals surface area (Å²) in [7, 11) is 1.71. The van der Waals surface area contributed by atoms with Crippen molar-refractivity contribution in [2.45, 2.75) is 52.1 Å². The smallest absolute Gasteiger partial charge is 0.195 e. The van der Waals surface area contributed by atoms with Gasteiger partial charge in [0.05, 0.1) is 13.2 Å². The number of rotatable bonds is 12. The predicted octanol–water partition coefficient (Wildman–Crippen LogP) is 3.35. The van der Waals surface area contributed by atoms with Gasteiger partial charge >= 0.3 is 0 Å². The zero-order valence-corrected chi connectivity index (χ0v) is 17.3. The Hall–Kier alpha value is -1.79. The van der Waals surface area contributed by atoms with Gasteiger partial charge in [0.2, 0.25) is 0 Å². The molecule has 0 unspecified atom stereocenters. The molecular formula is C21H36N4O2. The van der Waals surface area contributed by atoms with Gasteiger partial charge in [-0.1, -0.05) is 6.07 Å². The Kier molecular flexibility index (Phi) is 9.42. The summed E-state index contributed by atoms with van der Waals surface area (Å²) in [6, 6.07) is 9.34. The van der Waals surface area contributed by atoms with Gasteiger partial charge in [-0.15, -0.1) is 0 Å². The first kappa shape index (κ1) is 21.5. The molecule has 0 amide bonds. The summed E-state index contributed by atoms with van der Waals surface area (Å²) in [4.78, 5) is 7.31. The third-order valence-electron chi connectivity index (χ3n) is 4.51. The fraction of sp³-hybridized carbons (Fsp3) is 0.667. The van der Waals surface area contributed by atoms with Crippen LogP contribution < -0.4 is 15.4 Å². The number of hydrogen-bond donors (Lipinski definition) is 2. The quantitative estimate of drug-likeness (QED) is 0.333. The van der Waals surface area contributed by atoms with E-state index in [4.69, 9.17) is 14.5 Å². The highest BCUT2D eigenvalue weighted by atomic mass is 16.5. The van der Waals surface area contributed by atoms with Crippen LogP contribution in [0.3, 0.4) is 0 Å². The first-order chi connectivity index (χ1) is 13.1. The number of hydrogen-bond acceptors (Lipinski definition) is 4. The maximum Gasteiger partial charge on any atom is 0.195 e. The fourth-order valence-corrected chi connectivity index (χ4v) is 3.05. The first-order valence-electron chi connectivity index (χ1n) is 10.2. The lowest BCUT2D eigenvalue weighted by Crippen LogP contribution is -2.36. The molecule has 0 saturated heterocycles. The van der Waals surface area contributed by atoms with Crippen LogP contribution in [0.5, 0.6) is 5.75 Å². The Morgan fingerprint density at radius 2 is 2.11 bits per heavy atom. The lowest BCUT2D eigenvalue weighted by molar-refractivity contribution is 0.172. The van der Waals surface area contributed by atoms with E-state index in [2.05, 4.69) is 36.3 Å². The predicted molar refractivity (Wildman–Crippen MR) is 113 cm³/mol. The van der Waals surface area contributed by atoms with Gasteiger partial charge in [-0.2, -0.15) is 0 Å². The molecule has 1 aliphatic rings. The van der Waals surface area contributed by atoms with Crippen LogP contribution >= 0.6 is 0 Å². The normalized spacial score (nSPS) is 14.7. The van der Waals surface area contributed by atoms with Gasteiger partial charge in [0.25, 0.3) is 0 Å². The zero-order valence-electron chi connectivity index (χ0n) is 17.3. The van der Waals surface area contributed by atoms with E-state index in [0.717, 1.165) is 49.5 Å². The summed E-state index contributed by atoms with van der Waals surface area (Å²) in [5, 5.41) is 6.71. The summed E-state index contributed by atoms with van der Waals surface area (Å²) >= 11 is 0. The van der Waals surface area contributed by atoms with Crippen LogP contribution in [0.15, 0.2) is 29.3 Å². The minimum absolute atomic E-state index is 0.579. The Morgan fingerprint density at radius 1 is 1.30 bits per heavy atom. The van der Waals surface area contributed by atoms with Gasteiger partial charge in [-0.3, -0.25) is 9.89 Å². The molecule has 0 atom stereocenters. The molecule has 6 heteroatoms. The molecule has 0 heterocycles. The van der Waals surface area contributed by atoms with Crippen LogP contribution in [-0.4, -0.2) is 62.9 Å². The average Bonchev–Trinajstić information content (AvgIpc) is 3.47. The molecule has 27 heavy (non-hydrogen) atoms. The highest BCUT2D eigenvalue weighted by Crippen LogP contribution is 2.28. The van der Waals surface area contributed by atoms with Crippen molar-refractivity contribution in [2.24, 2.45) is 4.99 Å². The number of aliphatic imine (C=N–C) groups is 1. The topological polar surface area (TPSA) is 58.1 Å². The van der Waals surface area contributed by atoms with Crippen molar-refractivity contribution in [1.82, 2.24) is 10.2 Å². The van der Waals surface area contributed by atoms with Gasteiger partial charge in [-0.05, 0) is 45.7 Å². The second-order valence-corrected chi connectivity index (χ2v) is 7.17. The summed E-state index contributed by atoms with van der Waals surface area (Å²) < 4.78 is 10.8.